The van der Waals surface area contributed by atoms with Gasteiger partial charge >= 0.3 is 6.09 Å². The molecule has 0 unspecified atom stereocenters. The maximum absolute atomic E-state index is 11.1. The Kier molecular flexibility index (Phi) is 3.87. The first-order valence-electron chi connectivity index (χ1n) is 6.79. The van der Waals surface area contributed by atoms with Crippen molar-refractivity contribution >= 4 is 40.1 Å². The van der Waals surface area contributed by atoms with E-state index in [1.807, 2.05) is 4.90 Å². The molecule has 3 rings (SSSR count). The second kappa shape index (κ2) is 5.84. The Morgan fingerprint density at radius 3 is 2.57 bits per heavy atom. The minimum atomic E-state index is -0.959. The van der Waals surface area contributed by atoms with Crippen LogP contribution < -0.4 is 4.90 Å². The number of piperazine rings is 1. The molecule has 1 fully saturated rings. The number of nitro groups is 1. The molecule has 1 aromatic carbocycles. The summed E-state index contributed by atoms with van der Waals surface area (Å²) in [5.74, 6) is 0.541. The summed E-state index contributed by atoms with van der Waals surface area (Å²) in [7, 11) is 0. The molecule has 1 amide bonds. The van der Waals surface area contributed by atoms with Crippen molar-refractivity contribution in [2.45, 2.75) is 0 Å². The van der Waals surface area contributed by atoms with Gasteiger partial charge in [0.05, 0.1) is 10.4 Å². The molecule has 1 aliphatic rings. The SMILES string of the molecule is O=C(O)N1CCN(c2ncnc3cc(Cl)c([N+](=O)[O-])cc23)CC1. The van der Waals surface area contributed by atoms with Crippen LogP contribution in [0.25, 0.3) is 10.9 Å². The van der Waals surface area contributed by atoms with Crippen LogP contribution in [0, 0.1) is 10.1 Å². The monoisotopic (exact) mass is 337 g/mol. The average molecular weight is 338 g/mol. The van der Waals surface area contributed by atoms with Gasteiger partial charge in [-0.2, -0.15) is 0 Å². The minimum absolute atomic E-state index is 0.0165. The smallest absolute Gasteiger partial charge is 0.407 e. The highest BCUT2D eigenvalue weighted by atomic mass is 35.5. The molecule has 0 radical (unpaired) electrons. The molecule has 2 heterocycles. The molecule has 120 valence electrons. The van der Waals surface area contributed by atoms with Crippen molar-refractivity contribution < 1.29 is 14.8 Å². The second-order valence-corrected chi connectivity index (χ2v) is 5.44. The number of amides is 1. The average Bonchev–Trinajstić information content (AvgIpc) is 2.53. The molecule has 2 aromatic rings. The summed E-state index contributed by atoms with van der Waals surface area (Å²) in [4.78, 5) is 33.0. The maximum Gasteiger partial charge on any atom is 0.407 e. The molecule has 1 saturated heterocycles. The number of benzene rings is 1. The molecule has 1 aromatic heterocycles. The summed E-state index contributed by atoms with van der Waals surface area (Å²) in [6, 6.07) is 2.80. The predicted molar refractivity (Wildman–Crippen MR) is 83.0 cm³/mol. The van der Waals surface area contributed by atoms with Gasteiger partial charge in [0.25, 0.3) is 5.69 Å². The third-order valence-corrected chi connectivity index (χ3v) is 4.03. The Bertz CT molecular complexity index is 791. The molecule has 1 N–H and O–H groups in total. The van der Waals surface area contributed by atoms with E-state index in [0.29, 0.717) is 42.9 Å². The molecular formula is C13H12ClN5O4. The van der Waals surface area contributed by atoms with E-state index in [1.165, 1.54) is 23.4 Å². The molecule has 0 spiro atoms. The highest BCUT2D eigenvalue weighted by Crippen LogP contribution is 2.33. The standard InChI is InChI=1S/C13H12ClN5O4/c14-9-6-10-8(5-11(9)19(22)23)12(16-7-15-10)17-1-3-18(4-2-17)13(20)21/h5-7H,1-4H2,(H,20,21). The number of fused-ring (bicyclic) bond motifs is 1. The van der Waals surface area contributed by atoms with E-state index in [2.05, 4.69) is 9.97 Å². The first-order chi connectivity index (χ1) is 11.0. The van der Waals surface area contributed by atoms with E-state index in [1.54, 1.807) is 0 Å². The van der Waals surface area contributed by atoms with Gasteiger partial charge in [0.2, 0.25) is 0 Å². The van der Waals surface area contributed by atoms with Crippen molar-refractivity contribution in [3.05, 3.63) is 33.6 Å². The fraction of sp³-hybridized carbons (Fsp3) is 0.308. The van der Waals surface area contributed by atoms with Crippen molar-refractivity contribution in [1.29, 1.82) is 0 Å². The van der Waals surface area contributed by atoms with Gasteiger partial charge < -0.3 is 14.9 Å². The third-order valence-electron chi connectivity index (χ3n) is 3.73. The first kappa shape index (κ1) is 15.2. The first-order valence-corrected chi connectivity index (χ1v) is 7.16. The Morgan fingerprint density at radius 1 is 1.26 bits per heavy atom. The lowest BCUT2D eigenvalue weighted by Crippen LogP contribution is -2.48. The predicted octanol–water partition coefficient (Wildman–Crippen LogP) is 1.99. The molecular weight excluding hydrogens is 326 g/mol. The van der Waals surface area contributed by atoms with Crippen LogP contribution >= 0.6 is 11.6 Å². The van der Waals surface area contributed by atoms with Gasteiger partial charge in [-0.3, -0.25) is 10.1 Å². The highest BCUT2D eigenvalue weighted by molar-refractivity contribution is 6.33. The van der Waals surface area contributed by atoms with E-state index in [0.717, 1.165) is 0 Å². The summed E-state index contributed by atoms with van der Waals surface area (Å²) in [5, 5.41) is 20.6. The number of hydrogen-bond acceptors (Lipinski definition) is 6. The lowest BCUT2D eigenvalue weighted by Gasteiger charge is -2.34. The minimum Gasteiger partial charge on any atom is -0.465 e. The van der Waals surface area contributed by atoms with Gasteiger partial charge in [0, 0.05) is 37.6 Å². The van der Waals surface area contributed by atoms with Crippen LogP contribution in [0.1, 0.15) is 0 Å². The van der Waals surface area contributed by atoms with Gasteiger partial charge in [-0.25, -0.2) is 14.8 Å². The maximum atomic E-state index is 11.1. The number of carboxylic acid groups (broad SMARTS) is 1. The number of nitrogens with zero attached hydrogens (tertiary/aromatic N) is 5. The van der Waals surface area contributed by atoms with Gasteiger partial charge in [0.1, 0.15) is 17.2 Å². The normalized spacial score (nSPS) is 15.0. The summed E-state index contributed by atoms with van der Waals surface area (Å²) in [6.45, 7) is 1.59. The second-order valence-electron chi connectivity index (χ2n) is 5.03. The molecule has 9 nitrogen and oxygen atoms in total. The number of halogens is 1. The van der Waals surface area contributed by atoms with E-state index < -0.39 is 11.0 Å². The molecule has 0 aliphatic carbocycles. The Hall–Kier alpha value is -2.68. The zero-order valence-corrected chi connectivity index (χ0v) is 12.6. The largest absolute Gasteiger partial charge is 0.465 e. The Balaban J connectivity index is 2.00. The van der Waals surface area contributed by atoms with Gasteiger partial charge in [0.15, 0.2) is 0 Å². The van der Waals surface area contributed by atoms with Crippen molar-refractivity contribution in [1.82, 2.24) is 14.9 Å². The number of anilines is 1. The molecule has 0 atom stereocenters. The van der Waals surface area contributed by atoms with Crippen molar-refractivity contribution in [3.8, 4) is 0 Å². The van der Waals surface area contributed by atoms with Crippen molar-refractivity contribution in [3.63, 3.8) is 0 Å². The van der Waals surface area contributed by atoms with Gasteiger partial charge in [-0.1, -0.05) is 11.6 Å². The number of hydrogen-bond donors (Lipinski definition) is 1. The molecule has 23 heavy (non-hydrogen) atoms. The molecule has 10 heteroatoms. The van der Waals surface area contributed by atoms with Gasteiger partial charge in [-0.15, -0.1) is 0 Å². The Morgan fingerprint density at radius 2 is 1.96 bits per heavy atom. The summed E-state index contributed by atoms with van der Waals surface area (Å²) in [5.41, 5.74) is 0.297. The lowest BCUT2D eigenvalue weighted by atomic mass is 10.2. The van der Waals surface area contributed by atoms with E-state index in [-0.39, 0.29) is 10.7 Å². The van der Waals surface area contributed by atoms with Crippen LogP contribution in [-0.4, -0.2) is 57.2 Å². The van der Waals surface area contributed by atoms with Crippen LogP contribution in [0.2, 0.25) is 5.02 Å². The summed E-state index contributed by atoms with van der Waals surface area (Å²) >= 11 is 5.90. The topological polar surface area (TPSA) is 113 Å². The van der Waals surface area contributed by atoms with Crippen LogP contribution in [-0.2, 0) is 0 Å². The van der Waals surface area contributed by atoms with Crippen LogP contribution in [0.5, 0.6) is 0 Å². The molecule has 0 saturated carbocycles. The molecule has 1 aliphatic heterocycles. The lowest BCUT2D eigenvalue weighted by molar-refractivity contribution is -0.384. The number of nitro benzene ring substituents is 1. The zero-order valence-electron chi connectivity index (χ0n) is 11.8. The van der Waals surface area contributed by atoms with E-state index in [9.17, 15) is 14.9 Å². The van der Waals surface area contributed by atoms with Gasteiger partial charge in [-0.05, 0) is 6.07 Å². The summed E-state index contributed by atoms with van der Waals surface area (Å²) < 4.78 is 0. The Labute approximate surface area is 135 Å². The fourth-order valence-corrected chi connectivity index (χ4v) is 2.78. The third kappa shape index (κ3) is 2.82. The highest BCUT2D eigenvalue weighted by Gasteiger charge is 2.24. The summed E-state index contributed by atoms with van der Waals surface area (Å²) in [6.07, 6.45) is 0.406. The number of rotatable bonds is 2. The van der Waals surface area contributed by atoms with Crippen LogP contribution in [0.4, 0.5) is 16.3 Å². The zero-order chi connectivity index (χ0) is 16.6. The number of aromatic nitrogens is 2. The molecule has 0 bridgehead atoms. The number of carbonyl (C=O) groups is 1. The fourth-order valence-electron chi connectivity index (χ4n) is 2.55. The van der Waals surface area contributed by atoms with Crippen molar-refractivity contribution in [2.24, 2.45) is 0 Å². The van der Waals surface area contributed by atoms with Crippen molar-refractivity contribution in [2.75, 3.05) is 31.1 Å². The van der Waals surface area contributed by atoms with E-state index in [4.69, 9.17) is 16.7 Å². The quantitative estimate of drug-likeness (QED) is 0.658. The van der Waals surface area contributed by atoms with Crippen LogP contribution in [0.3, 0.4) is 0 Å². The van der Waals surface area contributed by atoms with E-state index >= 15 is 0 Å². The van der Waals surface area contributed by atoms with Crippen LogP contribution in [0.15, 0.2) is 18.5 Å².